The lowest BCUT2D eigenvalue weighted by Crippen LogP contribution is -2.30. The Labute approximate surface area is 294 Å². The van der Waals surface area contributed by atoms with Crippen LogP contribution in [0.4, 0.5) is 0 Å². The number of rotatable bonds is 13. The van der Waals surface area contributed by atoms with Crippen LogP contribution in [0, 0.1) is 0 Å². The van der Waals surface area contributed by atoms with Gasteiger partial charge >= 0.3 is 11.9 Å². The molecule has 0 fully saturated rings. The molecule has 270 valence electrons. The summed E-state index contributed by atoms with van der Waals surface area (Å²) in [6.07, 6.45) is -1.72. The molecule has 0 amide bonds. The number of esters is 2. The van der Waals surface area contributed by atoms with Crippen molar-refractivity contribution < 1.29 is 66.8 Å². The molecule has 1 aliphatic rings. The van der Waals surface area contributed by atoms with Crippen LogP contribution in [0.3, 0.4) is 0 Å². The van der Waals surface area contributed by atoms with Crippen molar-refractivity contribution in [1.29, 1.82) is 0 Å². The number of hydrogen-bond donors (Lipinski definition) is 1. The molecule has 0 aromatic heterocycles. The van der Waals surface area contributed by atoms with Gasteiger partial charge < -0.3 is 57.2 Å². The maximum Gasteiger partial charge on any atom is 0.343 e. The molecule has 5 rings (SSSR count). The Morgan fingerprint density at radius 1 is 0.569 bits per heavy atom. The van der Waals surface area contributed by atoms with E-state index < -0.39 is 24.1 Å². The van der Waals surface area contributed by atoms with E-state index in [2.05, 4.69) is 0 Å². The minimum atomic E-state index is -1.00. The maximum atomic E-state index is 13.3. The zero-order valence-corrected chi connectivity index (χ0v) is 29.3. The summed E-state index contributed by atoms with van der Waals surface area (Å²) >= 11 is 0. The largest absolute Gasteiger partial charge is 0.496 e. The van der Waals surface area contributed by atoms with E-state index in [1.54, 1.807) is 12.1 Å². The van der Waals surface area contributed by atoms with Gasteiger partial charge in [0.2, 0.25) is 11.5 Å². The van der Waals surface area contributed by atoms with Crippen molar-refractivity contribution in [3.63, 3.8) is 0 Å². The third-order valence-electron chi connectivity index (χ3n) is 8.11. The Morgan fingerprint density at radius 3 is 1.53 bits per heavy atom. The number of carbonyl (C=O) groups is 2. The van der Waals surface area contributed by atoms with E-state index in [-0.39, 0.29) is 57.8 Å². The topological polar surface area (TPSA) is 156 Å². The number of fused-ring (bicyclic) bond motifs is 1. The number of methoxy groups -OCH3 is 8. The fourth-order valence-electron chi connectivity index (χ4n) is 5.63. The summed E-state index contributed by atoms with van der Waals surface area (Å²) in [6.45, 7) is 0. The fourth-order valence-corrected chi connectivity index (χ4v) is 5.63. The lowest BCUT2D eigenvalue weighted by Gasteiger charge is -2.32. The number of aliphatic hydroxyl groups is 1. The van der Waals surface area contributed by atoms with Crippen LogP contribution >= 0.6 is 0 Å². The van der Waals surface area contributed by atoms with Crippen LogP contribution in [0.2, 0.25) is 0 Å². The molecule has 14 heteroatoms. The van der Waals surface area contributed by atoms with Crippen LogP contribution in [-0.4, -0.2) is 80.0 Å². The number of aliphatic hydroxyl groups excluding tert-OH is 1. The van der Waals surface area contributed by atoms with Crippen LogP contribution < -0.4 is 52.1 Å². The van der Waals surface area contributed by atoms with Crippen LogP contribution in [-0.2, 0) is 6.42 Å². The van der Waals surface area contributed by atoms with Crippen LogP contribution in [0.1, 0.15) is 37.9 Å². The minimum absolute atomic E-state index is 0.119. The fraction of sp³-hybridized carbons (Fsp3) is 0.297. The third kappa shape index (κ3) is 7.31. The second kappa shape index (κ2) is 15.7. The van der Waals surface area contributed by atoms with Crippen molar-refractivity contribution in [3.05, 3.63) is 76.9 Å². The van der Waals surface area contributed by atoms with Gasteiger partial charge in [-0.15, -0.1) is 0 Å². The van der Waals surface area contributed by atoms with E-state index in [0.29, 0.717) is 34.1 Å². The third-order valence-corrected chi connectivity index (χ3v) is 8.11. The Hall–Kier alpha value is -6.02. The first kappa shape index (κ1) is 36.3. The molecule has 0 saturated heterocycles. The molecule has 1 aliphatic heterocycles. The molecule has 0 aliphatic carbocycles. The summed E-state index contributed by atoms with van der Waals surface area (Å²) in [5.41, 5.74) is 1.40. The summed E-state index contributed by atoms with van der Waals surface area (Å²) in [5.74, 6) is 1.51. The van der Waals surface area contributed by atoms with Gasteiger partial charge in [-0.05, 0) is 42.0 Å². The Bertz CT molecular complexity index is 1870. The minimum Gasteiger partial charge on any atom is -0.496 e. The first-order valence-corrected chi connectivity index (χ1v) is 15.4. The highest BCUT2D eigenvalue weighted by molar-refractivity contribution is 5.93. The molecule has 0 saturated carbocycles. The highest BCUT2D eigenvalue weighted by Crippen LogP contribution is 2.45. The average molecular weight is 707 g/mol. The molecule has 4 aromatic rings. The molecule has 1 heterocycles. The number of carbonyl (C=O) groups excluding carboxylic acids is 2. The van der Waals surface area contributed by atoms with Gasteiger partial charge in [0.15, 0.2) is 34.5 Å². The molecule has 0 spiro atoms. The van der Waals surface area contributed by atoms with Crippen molar-refractivity contribution in [1.82, 2.24) is 0 Å². The van der Waals surface area contributed by atoms with Crippen LogP contribution in [0.15, 0.2) is 54.6 Å². The van der Waals surface area contributed by atoms with Crippen molar-refractivity contribution in [2.45, 2.75) is 18.6 Å². The van der Waals surface area contributed by atoms with Gasteiger partial charge in [-0.2, -0.15) is 0 Å². The normalized spacial score (nSPS) is 14.6. The first-order valence-electron chi connectivity index (χ1n) is 15.4. The molecule has 14 nitrogen and oxygen atoms in total. The summed E-state index contributed by atoms with van der Waals surface area (Å²) in [4.78, 5) is 26.4. The lowest BCUT2D eigenvalue weighted by atomic mass is 9.94. The molecule has 4 aromatic carbocycles. The van der Waals surface area contributed by atoms with E-state index in [4.69, 9.17) is 52.1 Å². The van der Waals surface area contributed by atoms with Crippen LogP contribution in [0.25, 0.3) is 0 Å². The predicted molar refractivity (Wildman–Crippen MR) is 181 cm³/mol. The van der Waals surface area contributed by atoms with E-state index in [1.165, 1.54) is 99.3 Å². The van der Waals surface area contributed by atoms with E-state index in [0.717, 1.165) is 0 Å². The Morgan fingerprint density at radius 2 is 1.06 bits per heavy atom. The molecule has 0 radical (unpaired) electrons. The zero-order valence-electron chi connectivity index (χ0n) is 29.3. The van der Waals surface area contributed by atoms with E-state index in [9.17, 15) is 14.7 Å². The molecule has 51 heavy (non-hydrogen) atoms. The van der Waals surface area contributed by atoms with Crippen molar-refractivity contribution in [2.24, 2.45) is 0 Å². The van der Waals surface area contributed by atoms with E-state index in [1.807, 2.05) is 0 Å². The monoisotopic (exact) mass is 706 g/mol. The second-order valence-corrected chi connectivity index (χ2v) is 10.9. The number of ether oxygens (including phenoxy) is 11. The first-order chi connectivity index (χ1) is 24.6. The lowest BCUT2D eigenvalue weighted by molar-refractivity contribution is 0.0196. The van der Waals surface area contributed by atoms with Gasteiger partial charge in [-0.25, -0.2) is 9.59 Å². The molecule has 2 unspecified atom stereocenters. The maximum absolute atomic E-state index is 13.3. The summed E-state index contributed by atoms with van der Waals surface area (Å²) in [6, 6.07) is 13.7. The molecule has 0 bridgehead atoms. The second-order valence-electron chi connectivity index (χ2n) is 10.9. The van der Waals surface area contributed by atoms with Gasteiger partial charge in [-0.1, -0.05) is 6.07 Å². The molecule has 1 N–H and O–H groups in total. The highest BCUT2D eigenvalue weighted by Gasteiger charge is 2.34. The van der Waals surface area contributed by atoms with Crippen molar-refractivity contribution >= 4 is 11.9 Å². The van der Waals surface area contributed by atoms with Crippen molar-refractivity contribution in [2.75, 3.05) is 56.9 Å². The zero-order chi connectivity index (χ0) is 36.8. The smallest absolute Gasteiger partial charge is 0.343 e. The number of hydrogen-bond acceptors (Lipinski definition) is 14. The Balaban J connectivity index is 1.40. The van der Waals surface area contributed by atoms with Gasteiger partial charge in [0.25, 0.3) is 0 Å². The predicted octanol–water partition coefficient (Wildman–Crippen LogP) is 5.23. The molecular weight excluding hydrogens is 668 g/mol. The standard InChI is InChI=1S/C37H38O14/c1-41-26-16-22(49-36(39)20-12-29(43-3)34(47-7)30(13-20)44-4)17-27-23(26)18-24(38)33(50-27)19-9-10-25(28(11-19)42-2)51-37(40)21-14-31(45-5)35(48-8)32(15-21)46-6/h9-17,24,33,38H,18H2,1-8H3. The SMILES string of the molecule is COc1cc(C2Oc3cc(OC(=O)c4cc(OC)c(OC)c(OC)c4)cc(OC)c3CC2O)ccc1OC(=O)c1cc(OC)c(OC)c(OC)c1. The van der Waals surface area contributed by atoms with Gasteiger partial charge in [0, 0.05) is 24.1 Å². The summed E-state index contributed by atoms with van der Waals surface area (Å²) < 4.78 is 60.9. The molecular formula is C37H38O14. The number of benzene rings is 4. The summed E-state index contributed by atoms with van der Waals surface area (Å²) in [7, 11) is 11.6. The molecule has 2 atom stereocenters. The van der Waals surface area contributed by atoms with Crippen molar-refractivity contribution in [3.8, 4) is 63.2 Å². The summed E-state index contributed by atoms with van der Waals surface area (Å²) in [5, 5.41) is 11.2. The van der Waals surface area contributed by atoms with E-state index >= 15 is 0 Å². The highest BCUT2D eigenvalue weighted by atomic mass is 16.6. The van der Waals surface area contributed by atoms with Gasteiger partial charge in [-0.3, -0.25) is 0 Å². The Kier molecular flexibility index (Phi) is 11.2. The quantitative estimate of drug-likeness (QED) is 0.142. The van der Waals surface area contributed by atoms with Crippen LogP contribution in [0.5, 0.6) is 63.2 Å². The average Bonchev–Trinajstić information content (AvgIpc) is 3.16. The van der Waals surface area contributed by atoms with Gasteiger partial charge in [0.05, 0.1) is 74.1 Å². The van der Waals surface area contributed by atoms with Gasteiger partial charge in [0.1, 0.15) is 23.4 Å².